The standard InChI is InChI=1S/C22H26N2O3S/c1-16-14-19(10-12-21(16)24-13-5-4-8-22(24)25)23-28(26,27)20-11-9-17-6-2-3-7-18(17)15-20/h9-12,14-15,23H,2-8,13H2,1H3. The van der Waals surface area contributed by atoms with E-state index in [2.05, 4.69) is 4.72 Å². The van der Waals surface area contributed by atoms with Gasteiger partial charge in [-0.15, -0.1) is 0 Å². The van der Waals surface area contributed by atoms with Gasteiger partial charge in [0.1, 0.15) is 0 Å². The van der Waals surface area contributed by atoms with Gasteiger partial charge in [-0.1, -0.05) is 6.07 Å². The molecule has 28 heavy (non-hydrogen) atoms. The normalized spacial score (nSPS) is 17.3. The predicted octanol–water partition coefficient (Wildman–Crippen LogP) is 4.19. The summed E-state index contributed by atoms with van der Waals surface area (Å²) in [5.41, 5.74) is 4.67. The van der Waals surface area contributed by atoms with Gasteiger partial charge in [0.15, 0.2) is 0 Å². The summed E-state index contributed by atoms with van der Waals surface area (Å²) in [6.45, 7) is 2.63. The molecule has 0 radical (unpaired) electrons. The van der Waals surface area contributed by atoms with E-state index in [-0.39, 0.29) is 5.91 Å². The molecule has 1 saturated heterocycles. The number of aryl methyl sites for hydroxylation is 3. The number of nitrogens with zero attached hydrogens (tertiary/aromatic N) is 1. The lowest BCUT2D eigenvalue weighted by atomic mass is 9.92. The predicted molar refractivity (Wildman–Crippen MR) is 111 cm³/mol. The van der Waals surface area contributed by atoms with Gasteiger partial charge in [0.05, 0.1) is 4.90 Å². The van der Waals surface area contributed by atoms with Gasteiger partial charge in [0.2, 0.25) is 5.91 Å². The number of rotatable bonds is 4. The Balaban J connectivity index is 1.56. The van der Waals surface area contributed by atoms with Crippen LogP contribution in [0.1, 0.15) is 48.8 Å². The molecule has 148 valence electrons. The van der Waals surface area contributed by atoms with Gasteiger partial charge in [-0.3, -0.25) is 9.52 Å². The van der Waals surface area contributed by atoms with Gasteiger partial charge in [-0.05, 0) is 92.5 Å². The van der Waals surface area contributed by atoms with Crippen LogP contribution in [0.15, 0.2) is 41.3 Å². The van der Waals surface area contributed by atoms with Crippen LogP contribution in [-0.4, -0.2) is 20.9 Å². The first kappa shape index (κ1) is 19.0. The van der Waals surface area contributed by atoms with Crippen LogP contribution < -0.4 is 9.62 Å². The van der Waals surface area contributed by atoms with Crippen LogP contribution in [0, 0.1) is 6.92 Å². The lowest BCUT2D eigenvalue weighted by molar-refractivity contribution is -0.119. The fourth-order valence-electron chi connectivity index (χ4n) is 4.17. The first-order chi connectivity index (χ1) is 13.4. The Bertz CT molecular complexity index is 1010. The molecule has 0 unspecified atom stereocenters. The number of carbonyl (C=O) groups excluding carboxylic acids is 1. The lowest BCUT2D eigenvalue weighted by Crippen LogP contribution is -2.35. The fourth-order valence-corrected chi connectivity index (χ4v) is 5.27. The quantitative estimate of drug-likeness (QED) is 0.840. The van der Waals surface area contributed by atoms with Crippen molar-refractivity contribution in [2.45, 2.75) is 56.8 Å². The van der Waals surface area contributed by atoms with E-state index in [4.69, 9.17) is 0 Å². The number of hydrogen-bond acceptors (Lipinski definition) is 3. The maximum atomic E-state index is 12.9. The van der Waals surface area contributed by atoms with Gasteiger partial charge in [0, 0.05) is 24.3 Å². The lowest BCUT2D eigenvalue weighted by Gasteiger charge is -2.28. The molecular formula is C22H26N2O3S. The average molecular weight is 399 g/mol. The molecule has 2 aromatic rings. The minimum Gasteiger partial charge on any atom is -0.312 e. The highest BCUT2D eigenvalue weighted by molar-refractivity contribution is 7.92. The van der Waals surface area contributed by atoms with Crippen LogP contribution in [0.5, 0.6) is 0 Å². The fraction of sp³-hybridized carbons (Fsp3) is 0.409. The van der Waals surface area contributed by atoms with Gasteiger partial charge in [-0.2, -0.15) is 0 Å². The summed E-state index contributed by atoms with van der Waals surface area (Å²) >= 11 is 0. The van der Waals surface area contributed by atoms with E-state index < -0.39 is 10.0 Å². The third-order valence-electron chi connectivity index (χ3n) is 5.69. The Morgan fingerprint density at radius 3 is 2.39 bits per heavy atom. The highest BCUT2D eigenvalue weighted by Crippen LogP contribution is 2.29. The van der Waals surface area contributed by atoms with Crippen molar-refractivity contribution in [1.82, 2.24) is 0 Å². The molecule has 1 amide bonds. The summed E-state index contributed by atoms with van der Waals surface area (Å²) in [5.74, 6) is 0.136. The van der Waals surface area contributed by atoms with Crippen LogP contribution in [0.25, 0.3) is 0 Å². The number of amides is 1. The van der Waals surface area contributed by atoms with Gasteiger partial charge < -0.3 is 4.90 Å². The maximum absolute atomic E-state index is 12.9. The van der Waals surface area contributed by atoms with E-state index in [0.717, 1.165) is 55.5 Å². The monoisotopic (exact) mass is 398 g/mol. The zero-order valence-electron chi connectivity index (χ0n) is 16.2. The molecule has 1 heterocycles. The van der Waals surface area contributed by atoms with E-state index in [9.17, 15) is 13.2 Å². The third kappa shape index (κ3) is 3.78. The Kier molecular flexibility index (Phi) is 5.15. The molecule has 0 aromatic heterocycles. The molecular weight excluding hydrogens is 372 g/mol. The molecule has 0 bridgehead atoms. The smallest absolute Gasteiger partial charge is 0.261 e. The molecule has 2 aliphatic rings. The van der Waals surface area contributed by atoms with Crippen molar-refractivity contribution in [3.8, 4) is 0 Å². The molecule has 1 aliphatic carbocycles. The zero-order chi connectivity index (χ0) is 19.7. The second-order valence-corrected chi connectivity index (χ2v) is 9.43. The molecule has 0 saturated carbocycles. The molecule has 0 spiro atoms. The van der Waals surface area contributed by atoms with Crippen LogP contribution in [0.2, 0.25) is 0 Å². The summed E-state index contributed by atoms with van der Waals surface area (Å²) in [7, 11) is -3.64. The SMILES string of the molecule is Cc1cc(NS(=O)(=O)c2ccc3c(c2)CCCC3)ccc1N1CCCCC1=O. The van der Waals surface area contributed by atoms with Crippen LogP contribution in [-0.2, 0) is 27.7 Å². The van der Waals surface area contributed by atoms with Crippen molar-refractivity contribution >= 4 is 27.3 Å². The second kappa shape index (κ2) is 7.59. The van der Waals surface area contributed by atoms with Crippen molar-refractivity contribution in [3.63, 3.8) is 0 Å². The van der Waals surface area contributed by atoms with E-state index in [1.54, 1.807) is 23.1 Å². The Labute approximate surface area is 166 Å². The number of benzene rings is 2. The van der Waals surface area contributed by atoms with Crippen molar-refractivity contribution in [3.05, 3.63) is 53.1 Å². The first-order valence-corrected chi connectivity index (χ1v) is 11.5. The molecule has 6 heteroatoms. The summed E-state index contributed by atoms with van der Waals surface area (Å²) in [6, 6.07) is 10.8. The van der Waals surface area contributed by atoms with Crippen LogP contribution >= 0.6 is 0 Å². The van der Waals surface area contributed by atoms with Crippen molar-refractivity contribution in [2.24, 2.45) is 0 Å². The molecule has 5 nitrogen and oxygen atoms in total. The van der Waals surface area contributed by atoms with Crippen molar-refractivity contribution < 1.29 is 13.2 Å². The van der Waals surface area contributed by atoms with E-state index >= 15 is 0 Å². The largest absolute Gasteiger partial charge is 0.312 e. The Hall–Kier alpha value is -2.34. The van der Waals surface area contributed by atoms with Crippen molar-refractivity contribution in [1.29, 1.82) is 0 Å². The van der Waals surface area contributed by atoms with Gasteiger partial charge in [-0.25, -0.2) is 8.42 Å². The van der Waals surface area contributed by atoms with Crippen molar-refractivity contribution in [2.75, 3.05) is 16.2 Å². The number of fused-ring (bicyclic) bond motifs is 1. The molecule has 1 fully saturated rings. The molecule has 0 atom stereocenters. The van der Waals surface area contributed by atoms with E-state index in [1.807, 2.05) is 25.1 Å². The number of piperidine rings is 1. The molecule has 1 aliphatic heterocycles. The van der Waals surface area contributed by atoms with Crippen LogP contribution in [0.4, 0.5) is 11.4 Å². The summed E-state index contributed by atoms with van der Waals surface area (Å²) in [5, 5.41) is 0. The number of anilines is 2. The molecule has 1 N–H and O–H groups in total. The number of sulfonamides is 1. The summed E-state index contributed by atoms with van der Waals surface area (Å²) < 4.78 is 28.4. The number of carbonyl (C=O) groups is 1. The molecule has 2 aromatic carbocycles. The minimum atomic E-state index is -3.64. The minimum absolute atomic E-state index is 0.136. The first-order valence-electron chi connectivity index (χ1n) is 10.00. The Morgan fingerprint density at radius 2 is 1.64 bits per heavy atom. The molecule has 4 rings (SSSR count). The Morgan fingerprint density at radius 1 is 0.893 bits per heavy atom. The third-order valence-corrected chi connectivity index (χ3v) is 7.07. The van der Waals surface area contributed by atoms with E-state index in [1.165, 1.54) is 12.0 Å². The van der Waals surface area contributed by atoms with E-state index in [0.29, 0.717) is 17.0 Å². The second-order valence-electron chi connectivity index (χ2n) is 7.75. The van der Waals surface area contributed by atoms with Crippen LogP contribution in [0.3, 0.4) is 0 Å². The summed E-state index contributed by atoms with van der Waals surface area (Å²) in [4.78, 5) is 14.3. The topological polar surface area (TPSA) is 66.5 Å². The van der Waals surface area contributed by atoms with Gasteiger partial charge in [0.25, 0.3) is 10.0 Å². The zero-order valence-corrected chi connectivity index (χ0v) is 17.0. The number of hydrogen-bond donors (Lipinski definition) is 1. The average Bonchev–Trinajstić information content (AvgIpc) is 2.68. The highest BCUT2D eigenvalue weighted by Gasteiger charge is 2.22. The number of nitrogens with one attached hydrogen (secondary N) is 1. The van der Waals surface area contributed by atoms with Gasteiger partial charge >= 0.3 is 0 Å². The summed E-state index contributed by atoms with van der Waals surface area (Å²) in [6.07, 6.45) is 6.76. The maximum Gasteiger partial charge on any atom is 0.261 e. The highest BCUT2D eigenvalue weighted by atomic mass is 32.2.